The molecule has 0 radical (unpaired) electrons. The molecule has 0 bridgehead atoms. The molecule has 3 rings (SSSR count). The van der Waals surface area contributed by atoms with Gasteiger partial charge in [0, 0.05) is 26.8 Å². The number of hydrogen-bond donors (Lipinski definition) is 1. The van der Waals surface area contributed by atoms with Gasteiger partial charge in [0.05, 0.1) is 11.1 Å². The Bertz CT molecular complexity index is 963. The molecule has 0 aliphatic heterocycles. The highest BCUT2D eigenvalue weighted by molar-refractivity contribution is 14.1. The van der Waals surface area contributed by atoms with Gasteiger partial charge in [0.2, 0.25) is 0 Å². The maximum atomic E-state index is 11.9. The van der Waals surface area contributed by atoms with E-state index in [-0.39, 0.29) is 11.6 Å². The van der Waals surface area contributed by atoms with Crippen LogP contribution in [0.4, 0.5) is 5.69 Å². The molecule has 1 aromatic heterocycles. The first kappa shape index (κ1) is 17.8. The average molecular weight is 461 g/mol. The van der Waals surface area contributed by atoms with Crippen LogP contribution in [0.25, 0.3) is 11.3 Å². The van der Waals surface area contributed by atoms with Gasteiger partial charge in [-0.3, -0.25) is 14.9 Å². The highest BCUT2D eigenvalue weighted by Crippen LogP contribution is 2.24. The molecule has 7 nitrogen and oxygen atoms in total. The number of nitrogens with one attached hydrogen (secondary N) is 1. The molecule has 0 fully saturated rings. The summed E-state index contributed by atoms with van der Waals surface area (Å²) in [7, 11) is 0. The van der Waals surface area contributed by atoms with E-state index in [2.05, 4.69) is 33.1 Å². The second kappa shape index (κ2) is 7.91. The summed E-state index contributed by atoms with van der Waals surface area (Å²) in [6.07, 6.45) is 1.39. The van der Waals surface area contributed by atoms with Gasteiger partial charge in [0.15, 0.2) is 0 Å². The van der Waals surface area contributed by atoms with Crippen molar-refractivity contribution in [3.63, 3.8) is 0 Å². The summed E-state index contributed by atoms with van der Waals surface area (Å²) in [5.74, 6) is 0.673. The quantitative estimate of drug-likeness (QED) is 0.266. The second-order valence-corrected chi connectivity index (χ2v) is 6.46. The van der Waals surface area contributed by atoms with Crippen molar-refractivity contribution < 1.29 is 14.1 Å². The van der Waals surface area contributed by atoms with Crippen LogP contribution in [0.2, 0.25) is 0 Å². The molecule has 3 aromatic rings. The third-order valence-corrected chi connectivity index (χ3v) is 4.17. The van der Waals surface area contributed by atoms with Gasteiger partial charge in [-0.25, -0.2) is 5.43 Å². The Labute approximate surface area is 162 Å². The molecule has 1 amide bonds. The third-order valence-electron chi connectivity index (χ3n) is 3.45. The van der Waals surface area contributed by atoms with E-state index in [4.69, 9.17) is 4.42 Å². The zero-order chi connectivity index (χ0) is 18.5. The topological polar surface area (TPSA) is 97.7 Å². The summed E-state index contributed by atoms with van der Waals surface area (Å²) in [6.45, 7) is 0. The molecule has 0 aliphatic carbocycles. The smallest absolute Gasteiger partial charge is 0.271 e. The Morgan fingerprint density at radius 2 is 1.77 bits per heavy atom. The van der Waals surface area contributed by atoms with E-state index < -0.39 is 4.92 Å². The van der Waals surface area contributed by atoms with Gasteiger partial charge in [0.25, 0.3) is 11.6 Å². The van der Waals surface area contributed by atoms with E-state index >= 15 is 0 Å². The minimum atomic E-state index is -0.458. The summed E-state index contributed by atoms with van der Waals surface area (Å²) < 4.78 is 6.64. The molecule has 2 aromatic carbocycles. The van der Waals surface area contributed by atoms with Crippen LogP contribution in [0.3, 0.4) is 0 Å². The lowest BCUT2D eigenvalue weighted by Gasteiger charge is -1.99. The molecule has 0 atom stereocenters. The van der Waals surface area contributed by atoms with Crippen LogP contribution in [0, 0.1) is 13.7 Å². The molecule has 0 saturated heterocycles. The number of non-ortho nitro benzene ring substituents is 1. The fourth-order valence-corrected chi connectivity index (χ4v) is 2.50. The predicted molar refractivity (Wildman–Crippen MR) is 105 cm³/mol. The minimum absolute atomic E-state index is 0.0143. The summed E-state index contributed by atoms with van der Waals surface area (Å²) in [6, 6.07) is 16.6. The molecule has 130 valence electrons. The van der Waals surface area contributed by atoms with Crippen LogP contribution < -0.4 is 5.43 Å². The predicted octanol–water partition coefficient (Wildman–Crippen LogP) is 4.22. The molecular formula is C18H12IN3O4. The van der Waals surface area contributed by atoms with Crippen molar-refractivity contribution in [1.82, 2.24) is 5.43 Å². The minimum Gasteiger partial charge on any atom is -0.455 e. The molecule has 1 N–H and O–H groups in total. The molecule has 1 heterocycles. The van der Waals surface area contributed by atoms with Gasteiger partial charge >= 0.3 is 0 Å². The van der Waals surface area contributed by atoms with Crippen LogP contribution in [0.1, 0.15) is 16.1 Å². The van der Waals surface area contributed by atoms with Gasteiger partial charge in [-0.05, 0) is 71.1 Å². The lowest BCUT2D eigenvalue weighted by molar-refractivity contribution is -0.384. The zero-order valence-electron chi connectivity index (χ0n) is 13.3. The first-order valence-corrected chi connectivity index (χ1v) is 8.54. The molecular weight excluding hydrogens is 449 g/mol. The lowest BCUT2D eigenvalue weighted by atomic mass is 10.1. The summed E-state index contributed by atoms with van der Waals surface area (Å²) in [5, 5.41) is 14.6. The van der Waals surface area contributed by atoms with E-state index in [1.54, 1.807) is 36.4 Å². The standard InChI is InChI=1S/C18H12IN3O4/c19-14-5-1-13(2-6-14)18(23)21-20-11-16-9-10-17(26-16)12-3-7-15(8-4-12)22(24)25/h1-11H,(H,21,23)/b20-11-. The van der Waals surface area contributed by atoms with E-state index in [9.17, 15) is 14.9 Å². The molecule has 0 spiro atoms. The number of carbonyl (C=O) groups excluding carboxylic acids is 1. The molecule has 26 heavy (non-hydrogen) atoms. The number of nitro groups is 1. The Kier molecular flexibility index (Phi) is 5.42. The van der Waals surface area contributed by atoms with Crippen molar-refractivity contribution in [2.75, 3.05) is 0 Å². The number of nitrogens with zero attached hydrogens (tertiary/aromatic N) is 2. The normalized spacial score (nSPS) is 10.8. The maximum Gasteiger partial charge on any atom is 0.271 e. The highest BCUT2D eigenvalue weighted by atomic mass is 127. The molecule has 0 aliphatic rings. The lowest BCUT2D eigenvalue weighted by Crippen LogP contribution is -2.17. The SMILES string of the molecule is O=C(N/N=C\c1ccc(-c2ccc([N+](=O)[O-])cc2)o1)c1ccc(I)cc1. The number of furan rings is 1. The van der Waals surface area contributed by atoms with E-state index in [0.29, 0.717) is 22.6 Å². The van der Waals surface area contributed by atoms with E-state index in [1.165, 1.54) is 18.3 Å². The molecule has 0 unspecified atom stereocenters. The van der Waals surface area contributed by atoms with Crippen molar-refractivity contribution in [2.45, 2.75) is 0 Å². The number of nitro benzene ring substituents is 1. The summed E-state index contributed by atoms with van der Waals surface area (Å²) in [4.78, 5) is 22.2. The van der Waals surface area contributed by atoms with Crippen LogP contribution >= 0.6 is 22.6 Å². The Balaban J connectivity index is 1.64. The Hall–Kier alpha value is -3.01. The van der Waals surface area contributed by atoms with Gasteiger partial charge in [0.1, 0.15) is 11.5 Å². The van der Waals surface area contributed by atoms with Crippen molar-refractivity contribution >= 4 is 40.4 Å². The van der Waals surface area contributed by atoms with Crippen LogP contribution in [0.5, 0.6) is 0 Å². The fraction of sp³-hybridized carbons (Fsp3) is 0. The number of amides is 1. The average Bonchev–Trinajstić information content (AvgIpc) is 3.11. The van der Waals surface area contributed by atoms with Crippen molar-refractivity contribution in [3.05, 3.63) is 85.7 Å². The molecule has 0 saturated carbocycles. The third kappa shape index (κ3) is 4.33. The summed E-state index contributed by atoms with van der Waals surface area (Å²) in [5.41, 5.74) is 3.66. The first-order valence-electron chi connectivity index (χ1n) is 7.46. The van der Waals surface area contributed by atoms with Crippen molar-refractivity contribution in [1.29, 1.82) is 0 Å². The zero-order valence-corrected chi connectivity index (χ0v) is 15.4. The van der Waals surface area contributed by atoms with E-state index in [1.807, 2.05) is 12.1 Å². The van der Waals surface area contributed by atoms with Crippen molar-refractivity contribution in [3.8, 4) is 11.3 Å². The number of halogens is 1. The monoisotopic (exact) mass is 461 g/mol. The Morgan fingerprint density at radius 1 is 1.08 bits per heavy atom. The summed E-state index contributed by atoms with van der Waals surface area (Å²) >= 11 is 2.16. The number of rotatable bonds is 5. The number of hydrogen-bond acceptors (Lipinski definition) is 5. The highest BCUT2D eigenvalue weighted by Gasteiger charge is 2.08. The second-order valence-electron chi connectivity index (χ2n) is 5.21. The maximum absolute atomic E-state index is 11.9. The van der Waals surface area contributed by atoms with Gasteiger partial charge < -0.3 is 4.42 Å². The Morgan fingerprint density at radius 3 is 2.42 bits per heavy atom. The largest absolute Gasteiger partial charge is 0.455 e. The number of carbonyl (C=O) groups is 1. The fourth-order valence-electron chi connectivity index (χ4n) is 2.15. The number of hydrazone groups is 1. The van der Waals surface area contributed by atoms with Gasteiger partial charge in [-0.15, -0.1) is 0 Å². The van der Waals surface area contributed by atoms with E-state index in [0.717, 1.165) is 3.57 Å². The van der Waals surface area contributed by atoms with Crippen LogP contribution in [-0.2, 0) is 0 Å². The van der Waals surface area contributed by atoms with Crippen LogP contribution in [-0.4, -0.2) is 17.0 Å². The van der Waals surface area contributed by atoms with Crippen molar-refractivity contribution in [2.24, 2.45) is 5.10 Å². The number of benzene rings is 2. The molecule has 8 heteroatoms. The van der Waals surface area contributed by atoms with Gasteiger partial charge in [-0.2, -0.15) is 5.10 Å². The van der Waals surface area contributed by atoms with Gasteiger partial charge in [-0.1, -0.05) is 0 Å². The first-order chi connectivity index (χ1) is 12.5. The van der Waals surface area contributed by atoms with Crippen LogP contribution in [0.15, 0.2) is 70.2 Å².